The van der Waals surface area contributed by atoms with E-state index in [2.05, 4.69) is 25.5 Å². The molecule has 1 saturated heterocycles. The van der Waals surface area contributed by atoms with Crippen LogP contribution < -0.4 is 9.64 Å². The summed E-state index contributed by atoms with van der Waals surface area (Å²) >= 11 is 0. The first-order valence-corrected chi connectivity index (χ1v) is 9.27. The van der Waals surface area contributed by atoms with Gasteiger partial charge in [0, 0.05) is 13.1 Å². The summed E-state index contributed by atoms with van der Waals surface area (Å²) in [4.78, 5) is 14.7. The van der Waals surface area contributed by atoms with Crippen molar-refractivity contribution in [2.24, 2.45) is 5.92 Å². The third-order valence-electron chi connectivity index (χ3n) is 5.15. The van der Waals surface area contributed by atoms with E-state index in [0.717, 1.165) is 42.5 Å². The van der Waals surface area contributed by atoms with Crippen molar-refractivity contribution in [3.05, 3.63) is 54.6 Å². The number of ether oxygens (including phenoxy) is 1. The molecule has 1 aliphatic heterocycles. The molecule has 140 valence electrons. The molecule has 0 radical (unpaired) electrons. The topological polar surface area (TPSA) is 85.5 Å². The number of piperidine rings is 1. The van der Waals surface area contributed by atoms with Gasteiger partial charge in [-0.15, -0.1) is 14.8 Å². The van der Waals surface area contributed by atoms with Crippen LogP contribution in [-0.2, 0) is 4.79 Å². The van der Waals surface area contributed by atoms with E-state index < -0.39 is 0 Å². The number of anilines is 1. The first kappa shape index (κ1) is 16.6. The summed E-state index contributed by atoms with van der Waals surface area (Å²) in [6.07, 6.45) is 1.45. The van der Waals surface area contributed by atoms with Crippen molar-refractivity contribution in [1.29, 1.82) is 0 Å². The van der Waals surface area contributed by atoms with Crippen LogP contribution in [0.1, 0.15) is 12.8 Å². The first-order chi connectivity index (χ1) is 13.8. The maximum Gasteiger partial charge on any atom is 0.314 e. The van der Waals surface area contributed by atoms with Gasteiger partial charge in [0.25, 0.3) is 0 Å². The summed E-state index contributed by atoms with van der Waals surface area (Å²) in [7, 11) is 0. The number of benzene rings is 2. The Hall–Kier alpha value is -3.55. The van der Waals surface area contributed by atoms with Crippen LogP contribution in [0, 0.1) is 5.92 Å². The normalized spacial score (nSPS) is 15.2. The van der Waals surface area contributed by atoms with Crippen molar-refractivity contribution < 1.29 is 9.53 Å². The maximum absolute atomic E-state index is 12.6. The molecule has 0 spiro atoms. The number of aromatic nitrogens is 5. The Morgan fingerprint density at radius 3 is 2.68 bits per heavy atom. The van der Waals surface area contributed by atoms with Gasteiger partial charge < -0.3 is 9.64 Å². The van der Waals surface area contributed by atoms with Gasteiger partial charge in [-0.3, -0.25) is 4.79 Å². The van der Waals surface area contributed by atoms with E-state index in [-0.39, 0.29) is 11.9 Å². The second kappa shape index (κ2) is 6.88. The van der Waals surface area contributed by atoms with Gasteiger partial charge in [-0.05, 0) is 58.3 Å². The molecule has 0 amide bonds. The number of nitrogens with zero attached hydrogens (tertiary/aromatic N) is 6. The van der Waals surface area contributed by atoms with Crippen molar-refractivity contribution in [3.63, 3.8) is 0 Å². The van der Waals surface area contributed by atoms with Gasteiger partial charge in [0.15, 0.2) is 11.5 Å². The average molecular weight is 374 g/mol. The number of carbonyl (C=O) groups is 1. The lowest BCUT2D eigenvalue weighted by molar-refractivity contribution is -0.139. The minimum Gasteiger partial charge on any atom is -0.426 e. The van der Waals surface area contributed by atoms with Crippen molar-refractivity contribution in [2.75, 3.05) is 18.0 Å². The molecule has 28 heavy (non-hydrogen) atoms. The minimum atomic E-state index is -0.168. The summed E-state index contributed by atoms with van der Waals surface area (Å²) < 4.78 is 7.06. The van der Waals surface area contributed by atoms with Crippen molar-refractivity contribution in [2.45, 2.75) is 12.8 Å². The van der Waals surface area contributed by atoms with Crippen LogP contribution in [-0.4, -0.2) is 44.3 Å². The monoisotopic (exact) mass is 374 g/mol. The maximum atomic E-state index is 12.6. The first-order valence-electron chi connectivity index (χ1n) is 9.27. The molecule has 0 saturated carbocycles. The van der Waals surface area contributed by atoms with Crippen LogP contribution in [0.5, 0.6) is 5.75 Å². The highest BCUT2D eigenvalue weighted by molar-refractivity contribution is 5.85. The average Bonchev–Trinajstić information content (AvgIpc) is 3.21. The SMILES string of the molecule is O=C(Oc1ccc2ccccc2c1)C1CCN(c2ccc3nnnn3n2)CC1. The van der Waals surface area contributed by atoms with E-state index >= 15 is 0 Å². The lowest BCUT2D eigenvalue weighted by Crippen LogP contribution is -2.38. The lowest BCUT2D eigenvalue weighted by Gasteiger charge is -2.31. The molecule has 2 aromatic carbocycles. The van der Waals surface area contributed by atoms with Gasteiger partial charge in [0.05, 0.1) is 5.92 Å². The smallest absolute Gasteiger partial charge is 0.314 e. The lowest BCUT2D eigenvalue weighted by atomic mass is 9.97. The fraction of sp³-hybridized carbons (Fsp3) is 0.250. The number of rotatable bonds is 3. The molecule has 0 unspecified atom stereocenters. The Bertz CT molecular complexity index is 1150. The third kappa shape index (κ3) is 3.13. The summed E-state index contributed by atoms with van der Waals surface area (Å²) in [5, 5.41) is 17.9. The number of esters is 1. The highest BCUT2D eigenvalue weighted by Crippen LogP contribution is 2.25. The summed E-state index contributed by atoms with van der Waals surface area (Å²) in [6.45, 7) is 1.47. The molecule has 0 aliphatic carbocycles. The molecule has 2 aromatic heterocycles. The van der Waals surface area contributed by atoms with Gasteiger partial charge >= 0.3 is 5.97 Å². The number of hydrogen-bond acceptors (Lipinski definition) is 7. The fourth-order valence-corrected chi connectivity index (χ4v) is 3.58. The molecule has 3 heterocycles. The van der Waals surface area contributed by atoms with Crippen LogP contribution in [0.2, 0.25) is 0 Å². The Morgan fingerprint density at radius 1 is 1.00 bits per heavy atom. The summed E-state index contributed by atoms with van der Waals surface area (Å²) in [5.41, 5.74) is 0.609. The van der Waals surface area contributed by atoms with Gasteiger partial charge in [0.1, 0.15) is 5.75 Å². The van der Waals surface area contributed by atoms with Crippen molar-refractivity contribution in [3.8, 4) is 5.75 Å². The van der Waals surface area contributed by atoms with E-state index in [4.69, 9.17) is 4.74 Å². The molecule has 1 aliphatic rings. The highest BCUT2D eigenvalue weighted by atomic mass is 16.5. The second-order valence-corrected chi connectivity index (χ2v) is 6.91. The molecule has 0 N–H and O–H groups in total. The predicted octanol–water partition coefficient (Wildman–Crippen LogP) is 2.49. The van der Waals surface area contributed by atoms with E-state index in [9.17, 15) is 4.79 Å². The fourth-order valence-electron chi connectivity index (χ4n) is 3.58. The molecular weight excluding hydrogens is 356 g/mol. The molecule has 5 rings (SSSR count). The van der Waals surface area contributed by atoms with Crippen LogP contribution in [0.3, 0.4) is 0 Å². The highest BCUT2D eigenvalue weighted by Gasteiger charge is 2.27. The number of tetrazole rings is 1. The molecule has 1 fully saturated rings. The zero-order chi connectivity index (χ0) is 18.9. The van der Waals surface area contributed by atoms with Crippen LogP contribution in [0.15, 0.2) is 54.6 Å². The van der Waals surface area contributed by atoms with Crippen LogP contribution in [0.25, 0.3) is 16.4 Å². The van der Waals surface area contributed by atoms with Gasteiger partial charge in [-0.25, -0.2) is 0 Å². The Labute approximate surface area is 160 Å². The van der Waals surface area contributed by atoms with Crippen molar-refractivity contribution in [1.82, 2.24) is 25.3 Å². The zero-order valence-corrected chi connectivity index (χ0v) is 15.1. The third-order valence-corrected chi connectivity index (χ3v) is 5.15. The van der Waals surface area contributed by atoms with Gasteiger partial charge in [-0.2, -0.15) is 0 Å². The summed E-state index contributed by atoms with van der Waals surface area (Å²) in [5.74, 6) is 1.12. The molecule has 4 aromatic rings. The molecule has 0 atom stereocenters. The Kier molecular flexibility index (Phi) is 4.08. The predicted molar refractivity (Wildman–Crippen MR) is 103 cm³/mol. The summed E-state index contributed by atoms with van der Waals surface area (Å²) in [6, 6.07) is 17.5. The molecule has 8 heteroatoms. The minimum absolute atomic E-state index is 0.112. The quantitative estimate of drug-likeness (QED) is 0.402. The number of carbonyl (C=O) groups excluding carboxylic acids is 1. The Morgan fingerprint density at radius 2 is 1.82 bits per heavy atom. The second-order valence-electron chi connectivity index (χ2n) is 6.91. The zero-order valence-electron chi connectivity index (χ0n) is 15.1. The van der Waals surface area contributed by atoms with Crippen LogP contribution in [0.4, 0.5) is 5.82 Å². The van der Waals surface area contributed by atoms with Crippen molar-refractivity contribution >= 4 is 28.2 Å². The Balaban J connectivity index is 1.23. The standard InChI is InChI=1S/C20H18N6O2/c27-20(28-17-6-5-14-3-1-2-4-16(14)13-17)15-9-11-25(12-10-15)19-8-7-18-21-23-24-26(18)22-19/h1-8,13,15H,9-12H2. The number of hydrogen-bond donors (Lipinski definition) is 0. The van der Waals surface area contributed by atoms with Gasteiger partial charge in [-0.1, -0.05) is 30.3 Å². The molecule has 0 bridgehead atoms. The molecule has 8 nitrogen and oxygen atoms in total. The van der Waals surface area contributed by atoms with E-state index in [1.807, 2.05) is 54.6 Å². The molecular formula is C20H18N6O2. The number of fused-ring (bicyclic) bond motifs is 2. The van der Waals surface area contributed by atoms with Crippen LogP contribution >= 0.6 is 0 Å². The van der Waals surface area contributed by atoms with E-state index in [1.165, 1.54) is 4.63 Å². The van der Waals surface area contributed by atoms with E-state index in [1.54, 1.807) is 0 Å². The largest absolute Gasteiger partial charge is 0.426 e. The van der Waals surface area contributed by atoms with E-state index in [0.29, 0.717) is 11.4 Å². The van der Waals surface area contributed by atoms with Gasteiger partial charge in [0.2, 0.25) is 0 Å².